The van der Waals surface area contributed by atoms with E-state index in [9.17, 15) is 0 Å². The highest BCUT2D eigenvalue weighted by Crippen LogP contribution is 2.16. The summed E-state index contributed by atoms with van der Waals surface area (Å²) in [5, 5.41) is 3.51. The summed E-state index contributed by atoms with van der Waals surface area (Å²) in [7, 11) is 0. The van der Waals surface area contributed by atoms with Crippen molar-refractivity contribution in [3.05, 3.63) is 24.2 Å². The minimum Gasteiger partial charge on any atom is -0.472 e. The van der Waals surface area contributed by atoms with Crippen molar-refractivity contribution in [1.29, 1.82) is 0 Å². The number of nitrogens with one attached hydrogen (secondary N) is 1. The Kier molecular flexibility index (Phi) is 3.80. The molecule has 1 aliphatic rings. The van der Waals surface area contributed by atoms with E-state index in [0.29, 0.717) is 12.0 Å². The van der Waals surface area contributed by atoms with Gasteiger partial charge in [0.2, 0.25) is 0 Å². The van der Waals surface area contributed by atoms with Crippen LogP contribution in [0.3, 0.4) is 0 Å². The van der Waals surface area contributed by atoms with Gasteiger partial charge in [-0.3, -0.25) is 0 Å². The zero-order valence-electron chi connectivity index (χ0n) is 9.24. The minimum atomic E-state index is 0.366. The average molecular weight is 209 g/mol. The topological polar surface area (TPSA) is 34.4 Å². The Balaban J connectivity index is 1.73. The number of rotatable bonds is 4. The first-order chi connectivity index (χ1) is 7.36. The predicted octanol–water partition coefficient (Wildman–Crippen LogP) is 2.36. The molecule has 2 rings (SSSR count). The Labute approximate surface area is 90.8 Å². The van der Waals surface area contributed by atoms with Gasteiger partial charge in [0.1, 0.15) is 0 Å². The molecule has 0 spiro atoms. The van der Waals surface area contributed by atoms with E-state index in [1.54, 1.807) is 12.5 Å². The Bertz CT molecular complexity index is 265. The molecule has 84 valence electrons. The third-order valence-corrected chi connectivity index (χ3v) is 3.01. The molecule has 3 heteroatoms. The van der Waals surface area contributed by atoms with Gasteiger partial charge in [-0.1, -0.05) is 0 Å². The van der Waals surface area contributed by atoms with E-state index in [4.69, 9.17) is 9.15 Å². The van der Waals surface area contributed by atoms with Crippen LogP contribution in [0.25, 0.3) is 0 Å². The number of furan rings is 1. The molecule has 1 fully saturated rings. The molecule has 1 aromatic rings. The molecule has 1 aromatic heterocycles. The van der Waals surface area contributed by atoms with Gasteiger partial charge in [-0.05, 0) is 31.7 Å². The second-order valence-electron chi connectivity index (χ2n) is 4.27. The van der Waals surface area contributed by atoms with Crippen LogP contribution >= 0.6 is 0 Å². The maximum Gasteiger partial charge on any atom is 0.0950 e. The highest BCUT2D eigenvalue weighted by Gasteiger charge is 2.15. The van der Waals surface area contributed by atoms with Crippen LogP contribution in [0, 0.1) is 5.92 Å². The fourth-order valence-corrected chi connectivity index (χ4v) is 1.95. The fourth-order valence-electron chi connectivity index (χ4n) is 1.95. The molecule has 0 amide bonds. The summed E-state index contributed by atoms with van der Waals surface area (Å²) in [6.45, 7) is 5.04. The molecule has 2 heterocycles. The van der Waals surface area contributed by atoms with Crippen molar-refractivity contribution in [3.63, 3.8) is 0 Å². The molecular weight excluding hydrogens is 190 g/mol. The van der Waals surface area contributed by atoms with Crippen molar-refractivity contribution < 1.29 is 9.15 Å². The van der Waals surface area contributed by atoms with Gasteiger partial charge in [0, 0.05) is 24.8 Å². The molecule has 3 nitrogen and oxygen atoms in total. The minimum absolute atomic E-state index is 0.366. The highest BCUT2D eigenvalue weighted by atomic mass is 16.5. The molecular formula is C12H19NO2. The van der Waals surface area contributed by atoms with Gasteiger partial charge in [-0.15, -0.1) is 0 Å². The zero-order valence-corrected chi connectivity index (χ0v) is 9.24. The number of hydrogen-bond acceptors (Lipinski definition) is 3. The summed E-state index contributed by atoms with van der Waals surface area (Å²) in [5.74, 6) is 0.674. The quantitative estimate of drug-likeness (QED) is 0.826. The van der Waals surface area contributed by atoms with Gasteiger partial charge in [0.05, 0.1) is 19.1 Å². The van der Waals surface area contributed by atoms with E-state index in [-0.39, 0.29) is 0 Å². The molecule has 0 radical (unpaired) electrons. The maximum absolute atomic E-state index is 5.45. The standard InChI is InChI=1S/C12H19NO2/c1-10(12-4-6-15-9-12)13-7-11-3-2-5-14-8-11/h4,6,9-11,13H,2-3,5,7-8H2,1H3. The molecule has 0 saturated carbocycles. The Morgan fingerprint density at radius 2 is 2.53 bits per heavy atom. The first kappa shape index (κ1) is 10.7. The Hall–Kier alpha value is -0.800. The molecule has 2 unspecified atom stereocenters. The van der Waals surface area contributed by atoms with E-state index in [1.807, 2.05) is 6.07 Å². The van der Waals surface area contributed by atoms with Gasteiger partial charge in [0.25, 0.3) is 0 Å². The highest BCUT2D eigenvalue weighted by molar-refractivity contribution is 5.10. The van der Waals surface area contributed by atoms with Crippen molar-refractivity contribution in [2.75, 3.05) is 19.8 Å². The SMILES string of the molecule is CC(NCC1CCCOC1)c1ccoc1. The van der Waals surface area contributed by atoms with Gasteiger partial charge in [-0.25, -0.2) is 0 Å². The lowest BCUT2D eigenvalue weighted by atomic mass is 10.0. The lowest BCUT2D eigenvalue weighted by Crippen LogP contribution is -2.30. The normalized spacial score (nSPS) is 23.9. The van der Waals surface area contributed by atoms with E-state index < -0.39 is 0 Å². The van der Waals surface area contributed by atoms with Crippen LogP contribution in [0.2, 0.25) is 0 Å². The van der Waals surface area contributed by atoms with Crippen LogP contribution in [0.4, 0.5) is 0 Å². The first-order valence-corrected chi connectivity index (χ1v) is 5.69. The van der Waals surface area contributed by atoms with Gasteiger partial charge >= 0.3 is 0 Å². The van der Waals surface area contributed by atoms with Crippen LogP contribution in [-0.4, -0.2) is 19.8 Å². The first-order valence-electron chi connectivity index (χ1n) is 5.69. The third kappa shape index (κ3) is 3.08. The molecule has 0 aliphatic carbocycles. The molecule has 1 N–H and O–H groups in total. The summed E-state index contributed by atoms with van der Waals surface area (Å²) < 4.78 is 10.5. The summed E-state index contributed by atoms with van der Waals surface area (Å²) in [5.41, 5.74) is 1.21. The van der Waals surface area contributed by atoms with Crippen LogP contribution in [0.5, 0.6) is 0 Å². The summed E-state index contributed by atoms with van der Waals surface area (Å²) in [6.07, 6.45) is 6.00. The van der Waals surface area contributed by atoms with Gasteiger partial charge in [0.15, 0.2) is 0 Å². The van der Waals surface area contributed by atoms with Crippen molar-refractivity contribution in [1.82, 2.24) is 5.32 Å². The van der Waals surface area contributed by atoms with E-state index >= 15 is 0 Å². The van der Waals surface area contributed by atoms with Crippen molar-refractivity contribution in [3.8, 4) is 0 Å². The molecule has 2 atom stereocenters. The van der Waals surface area contributed by atoms with E-state index in [0.717, 1.165) is 19.8 Å². The molecule has 0 aromatic carbocycles. The third-order valence-electron chi connectivity index (χ3n) is 3.01. The van der Waals surface area contributed by atoms with Crippen LogP contribution in [-0.2, 0) is 4.74 Å². The fraction of sp³-hybridized carbons (Fsp3) is 0.667. The maximum atomic E-state index is 5.45. The van der Waals surface area contributed by atoms with Crippen molar-refractivity contribution >= 4 is 0 Å². The zero-order chi connectivity index (χ0) is 10.5. The summed E-state index contributed by atoms with van der Waals surface area (Å²) in [4.78, 5) is 0. The smallest absolute Gasteiger partial charge is 0.0950 e. The van der Waals surface area contributed by atoms with Crippen LogP contribution < -0.4 is 5.32 Å². The van der Waals surface area contributed by atoms with Gasteiger partial charge < -0.3 is 14.5 Å². The second kappa shape index (κ2) is 5.33. The van der Waals surface area contributed by atoms with Crippen molar-refractivity contribution in [2.24, 2.45) is 5.92 Å². The van der Waals surface area contributed by atoms with Gasteiger partial charge in [-0.2, -0.15) is 0 Å². The summed E-state index contributed by atoms with van der Waals surface area (Å²) in [6, 6.07) is 2.38. The monoisotopic (exact) mass is 209 g/mol. The van der Waals surface area contributed by atoms with E-state index in [2.05, 4.69) is 12.2 Å². The lowest BCUT2D eigenvalue weighted by molar-refractivity contribution is 0.0540. The van der Waals surface area contributed by atoms with Crippen LogP contribution in [0.1, 0.15) is 31.4 Å². The molecule has 15 heavy (non-hydrogen) atoms. The largest absolute Gasteiger partial charge is 0.472 e. The molecule has 0 bridgehead atoms. The molecule has 1 aliphatic heterocycles. The van der Waals surface area contributed by atoms with Crippen molar-refractivity contribution in [2.45, 2.75) is 25.8 Å². The predicted molar refractivity (Wildman–Crippen MR) is 58.7 cm³/mol. The average Bonchev–Trinajstić information content (AvgIpc) is 2.81. The Morgan fingerprint density at radius 1 is 1.60 bits per heavy atom. The second-order valence-corrected chi connectivity index (χ2v) is 4.27. The van der Waals surface area contributed by atoms with E-state index in [1.165, 1.54) is 18.4 Å². The summed E-state index contributed by atoms with van der Waals surface area (Å²) >= 11 is 0. The lowest BCUT2D eigenvalue weighted by Gasteiger charge is -2.24. The number of hydrogen-bond donors (Lipinski definition) is 1. The van der Waals surface area contributed by atoms with Crippen LogP contribution in [0.15, 0.2) is 23.0 Å². The molecule has 1 saturated heterocycles. The number of ether oxygens (including phenoxy) is 1. The Morgan fingerprint density at radius 3 is 3.20 bits per heavy atom.